The van der Waals surface area contributed by atoms with Gasteiger partial charge < -0.3 is 15.5 Å². The Morgan fingerprint density at radius 3 is 2.33 bits per heavy atom. The summed E-state index contributed by atoms with van der Waals surface area (Å²) in [6.07, 6.45) is 0. The number of rotatable bonds is 2. The topological polar surface area (TPSA) is 66.6 Å². The molecular weight excluding hydrogens is 320 g/mol. The second-order valence-electron chi connectivity index (χ2n) is 4.50. The Hall–Kier alpha value is -1.37. The first-order valence-corrected chi connectivity index (χ1v) is 6.63. The van der Waals surface area contributed by atoms with E-state index >= 15 is 0 Å². The first-order chi connectivity index (χ1) is 9.52. The van der Waals surface area contributed by atoms with E-state index in [1.54, 1.807) is 9.80 Å². The minimum absolute atomic E-state index is 0. The summed E-state index contributed by atoms with van der Waals surface area (Å²) in [6.45, 7) is 1.59. The Labute approximate surface area is 133 Å². The van der Waals surface area contributed by atoms with Crippen LogP contribution in [-0.4, -0.2) is 54.3 Å². The SMILES string of the molecule is Cl.NCC(=O)N1CCN(C(=O)c2cc(F)ccc2Cl)CC1. The van der Waals surface area contributed by atoms with Gasteiger partial charge in [-0.15, -0.1) is 12.4 Å². The summed E-state index contributed by atoms with van der Waals surface area (Å²) >= 11 is 5.92. The molecule has 1 saturated heterocycles. The molecule has 1 aromatic carbocycles. The fourth-order valence-corrected chi connectivity index (χ4v) is 2.32. The standard InChI is InChI=1S/C13H15ClFN3O2.ClH/c14-11-2-1-9(15)7-10(11)13(20)18-5-3-17(4-6-18)12(19)8-16;/h1-2,7H,3-6,8,16H2;1H. The lowest BCUT2D eigenvalue weighted by atomic mass is 10.1. The van der Waals surface area contributed by atoms with Crippen molar-refractivity contribution in [1.82, 2.24) is 9.80 Å². The Morgan fingerprint density at radius 1 is 1.19 bits per heavy atom. The van der Waals surface area contributed by atoms with Crippen molar-refractivity contribution in [2.75, 3.05) is 32.7 Å². The zero-order valence-corrected chi connectivity index (χ0v) is 12.8. The van der Waals surface area contributed by atoms with Crippen molar-refractivity contribution in [2.45, 2.75) is 0 Å². The molecule has 1 aromatic rings. The lowest BCUT2D eigenvalue weighted by Gasteiger charge is -2.34. The molecule has 2 amide bonds. The number of carbonyl (C=O) groups excluding carboxylic acids is 2. The van der Waals surface area contributed by atoms with Crippen LogP contribution in [0.15, 0.2) is 18.2 Å². The third kappa shape index (κ3) is 4.06. The van der Waals surface area contributed by atoms with Crippen LogP contribution in [-0.2, 0) is 4.79 Å². The molecule has 1 fully saturated rings. The van der Waals surface area contributed by atoms with Gasteiger partial charge in [-0.2, -0.15) is 0 Å². The Bertz CT molecular complexity index is 534. The smallest absolute Gasteiger partial charge is 0.255 e. The zero-order chi connectivity index (χ0) is 14.7. The number of halogens is 3. The summed E-state index contributed by atoms with van der Waals surface area (Å²) < 4.78 is 13.2. The molecule has 2 N–H and O–H groups in total. The van der Waals surface area contributed by atoms with E-state index in [-0.39, 0.29) is 41.4 Å². The van der Waals surface area contributed by atoms with E-state index in [9.17, 15) is 14.0 Å². The number of amides is 2. The van der Waals surface area contributed by atoms with Crippen LogP contribution in [0.1, 0.15) is 10.4 Å². The van der Waals surface area contributed by atoms with Crippen molar-refractivity contribution in [3.05, 3.63) is 34.6 Å². The number of piperazine rings is 1. The first-order valence-electron chi connectivity index (χ1n) is 6.25. The molecule has 1 heterocycles. The average Bonchev–Trinajstić information content (AvgIpc) is 2.48. The van der Waals surface area contributed by atoms with E-state index < -0.39 is 5.82 Å². The lowest BCUT2D eigenvalue weighted by molar-refractivity contribution is -0.131. The summed E-state index contributed by atoms with van der Waals surface area (Å²) in [7, 11) is 0. The van der Waals surface area contributed by atoms with Crippen LogP contribution in [0.5, 0.6) is 0 Å². The van der Waals surface area contributed by atoms with Crippen LogP contribution in [0.2, 0.25) is 5.02 Å². The molecule has 1 aliphatic rings. The van der Waals surface area contributed by atoms with Crippen LogP contribution in [0.3, 0.4) is 0 Å². The maximum Gasteiger partial charge on any atom is 0.255 e. The third-order valence-electron chi connectivity index (χ3n) is 3.25. The largest absolute Gasteiger partial charge is 0.338 e. The fraction of sp³-hybridized carbons (Fsp3) is 0.385. The molecule has 0 spiro atoms. The van der Waals surface area contributed by atoms with Crippen LogP contribution < -0.4 is 5.73 Å². The van der Waals surface area contributed by atoms with Crippen LogP contribution in [0.25, 0.3) is 0 Å². The number of benzene rings is 1. The van der Waals surface area contributed by atoms with Crippen molar-refractivity contribution < 1.29 is 14.0 Å². The van der Waals surface area contributed by atoms with E-state index in [1.165, 1.54) is 12.1 Å². The van der Waals surface area contributed by atoms with Gasteiger partial charge in [0.15, 0.2) is 0 Å². The van der Waals surface area contributed by atoms with Gasteiger partial charge >= 0.3 is 0 Å². The summed E-state index contributed by atoms with van der Waals surface area (Å²) in [6, 6.07) is 3.69. The molecule has 8 heteroatoms. The van der Waals surface area contributed by atoms with Gasteiger partial charge in [0, 0.05) is 26.2 Å². The molecular formula is C13H16Cl2FN3O2. The second kappa shape index (κ2) is 7.59. The number of hydrogen-bond donors (Lipinski definition) is 1. The number of carbonyl (C=O) groups is 2. The highest BCUT2D eigenvalue weighted by Crippen LogP contribution is 2.19. The predicted molar refractivity (Wildman–Crippen MR) is 80.2 cm³/mol. The Balaban J connectivity index is 0.00000220. The zero-order valence-electron chi connectivity index (χ0n) is 11.2. The molecule has 2 rings (SSSR count). The van der Waals surface area contributed by atoms with Crippen molar-refractivity contribution >= 4 is 35.8 Å². The van der Waals surface area contributed by atoms with Crippen LogP contribution in [0.4, 0.5) is 4.39 Å². The molecule has 0 aromatic heterocycles. The molecule has 21 heavy (non-hydrogen) atoms. The second-order valence-corrected chi connectivity index (χ2v) is 4.91. The molecule has 0 saturated carbocycles. The van der Waals surface area contributed by atoms with Gasteiger partial charge in [0.1, 0.15) is 5.82 Å². The number of nitrogens with zero attached hydrogens (tertiary/aromatic N) is 2. The lowest BCUT2D eigenvalue weighted by Crippen LogP contribution is -2.52. The molecule has 0 aliphatic carbocycles. The van der Waals surface area contributed by atoms with Crippen molar-refractivity contribution in [1.29, 1.82) is 0 Å². The molecule has 0 radical (unpaired) electrons. The highest BCUT2D eigenvalue weighted by atomic mass is 35.5. The van der Waals surface area contributed by atoms with E-state index in [0.717, 1.165) is 6.07 Å². The van der Waals surface area contributed by atoms with E-state index in [0.29, 0.717) is 26.2 Å². The number of hydrogen-bond acceptors (Lipinski definition) is 3. The van der Waals surface area contributed by atoms with Crippen LogP contribution in [0, 0.1) is 5.82 Å². The summed E-state index contributed by atoms with van der Waals surface area (Å²) in [4.78, 5) is 26.9. The highest BCUT2D eigenvalue weighted by molar-refractivity contribution is 6.33. The summed E-state index contributed by atoms with van der Waals surface area (Å²) in [5.41, 5.74) is 5.44. The van der Waals surface area contributed by atoms with Gasteiger partial charge in [0.25, 0.3) is 5.91 Å². The van der Waals surface area contributed by atoms with Crippen molar-refractivity contribution in [3.63, 3.8) is 0 Å². The summed E-state index contributed by atoms with van der Waals surface area (Å²) in [5.74, 6) is -0.968. The van der Waals surface area contributed by atoms with Crippen molar-refractivity contribution in [3.8, 4) is 0 Å². The first kappa shape index (κ1) is 17.7. The molecule has 0 unspecified atom stereocenters. The van der Waals surface area contributed by atoms with Gasteiger partial charge in [-0.1, -0.05) is 11.6 Å². The molecule has 0 bridgehead atoms. The number of nitrogens with two attached hydrogens (primary N) is 1. The highest BCUT2D eigenvalue weighted by Gasteiger charge is 2.25. The molecule has 1 aliphatic heterocycles. The molecule has 5 nitrogen and oxygen atoms in total. The molecule has 0 atom stereocenters. The third-order valence-corrected chi connectivity index (χ3v) is 3.58. The van der Waals surface area contributed by atoms with E-state index in [4.69, 9.17) is 17.3 Å². The Morgan fingerprint density at radius 2 is 1.76 bits per heavy atom. The minimum Gasteiger partial charge on any atom is -0.338 e. The average molecular weight is 336 g/mol. The minimum atomic E-state index is -0.505. The van der Waals surface area contributed by atoms with Gasteiger partial charge in [-0.25, -0.2) is 4.39 Å². The van der Waals surface area contributed by atoms with Crippen LogP contribution >= 0.6 is 24.0 Å². The Kier molecular flexibility index (Phi) is 6.39. The molecule has 116 valence electrons. The maximum absolute atomic E-state index is 13.2. The van der Waals surface area contributed by atoms with Gasteiger partial charge in [0.2, 0.25) is 5.91 Å². The van der Waals surface area contributed by atoms with Gasteiger partial charge in [-0.3, -0.25) is 9.59 Å². The van der Waals surface area contributed by atoms with Gasteiger partial charge in [0.05, 0.1) is 17.1 Å². The predicted octanol–water partition coefficient (Wildman–Crippen LogP) is 1.14. The fourth-order valence-electron chi connectivity index (χ4n) is 2.12. The quantitative estimate of drug-likeness (QED) is 0.881. The van der Waals surface area contributed by atoms with E-state index in [2.05, 4.69) is 0 Å². The maximum atomic E-state index is 13.2. The normalized spacial score (nSPS) is 14.6. The van der Waals surface area contributed by atoms with Crippen molar-refractivity contribution in [2.24, 2.45) is 5.73 Å². The summed E-state index contributed by atoms with van der Waals surface area (Å²) in [5, 5.41) is 0.219. The van der Waals surface area contributed by atoms with Gasteiger partial charge in [-0.05, 0) is 18.2 Å². The monoisotopic (exact) mass is 335 g/mol. The van der Waals surface area contributed by atoms with E-state index in [1.807, 2.05) is 0 Å².